The molecule has 1 fully saturated rings. The average Bonchev–Trinajstić information content (AvgIpc) is 2.38. The molecule has 1 aliphatic heterocycles. The van der Waals surface area contributed by atoms with Crippen LogP contribution in [-0.4, -0.2) is 41.9 Å². The second kappa shape index (κ2) is 6.44. The Labute approximate surface area is 119 Å². The summed E-state index contributed by atoms with van der Waals surface area (Å²) in [6.45, 7) is 7.48. The molecule has 0 saturated carbocycles. The molecule has 0 aliphatic carbocycles. The monoisotopic (exact) mass is 279 g/mol. The van der Waals surface area contributed by atoms with Crippen molar-refractivity contribution in [2.75, 3.05) is 18.8 Å². The summed E-state index contributed by atoms with van der Waals surface area (Å²) in [5.41, 5.74) is 0.815. The van der Waals surface area contributed by atoms with Crippen molar-refractivity contribution >= 4 is 17.7 Å². The first kappa shape index (κ1) is 14.4. The molecule has 0 N–H and O–H groups in total. The summed E-state index contributed by atoms with van der Waals surface area (Å²) in [5.74, 6) is 1.10. The second-order valence-electron chi connectivity index (χ2n) is 4.90. The Morgan fingerprint density at radius 1 is 1.32 bits per heavy atom. The van der Waals surface area contributed by atoms with Gasteiger partial charge in [0.1, 0.15) is 0 Å². The number of benzene rings is 1. The highest BCUT2D eigenvalue weighted by atomic mass is 32.2. The number of nitrogens with zero attached hydrogens (tertiary/aromatic N) is 1. The van der Waals surface area contributed by atoms with E-state index in [1.54, 1.807) is 11.8 Å². The molecule has 0 spiro atoms. The number of ether oxygens (including phenoxy) is 1. The standard InChI is InChI=1S/C15H21NO2S/c1-4-19-14-8-6-5-7-13(14)15(17)16-9-11(2)18-12(3)10-16/h5-8,11-12H,4,9-10H2,1-3H3/t11-,12-/m0/s1. The summed E-state index contributed by atoms with van der Waals surface area (Å²) in [7, 11) is 0. The number of amides is 1. The Bertz CT molecular complexity index is 440. The first-order valence-electron chi connectivity index (χ1n) is 6.78. The molecule has 0 aromatic heterocycles. The average molecular weight is 279 g/mol. The Hall–Kier alpha value is -1.00. The minimum Gasteiger partial charge on any atom is -0.372 e. The van der Waals surface area contributed by atoms with Gasteiger partial charge in [0, 0.05) is 18.0 Å². The van der Waals surface area contributed by atoms with E-state index in [1.807, 2.05) is 43.0 Å². The number of carbonyl (C=O) groups is 1. The van der Waals surface area contributed by atoms with Gasteiger partial charge < -0.3 is 9.64 Å². The van der Waals surface area contributed by atoms with Crippen LogP contribution < -0.4 is 0 Å². The van der Waals surface area contributed by atoms with E-state index < -0.39 is 0 Å². The van der Waals surface area contributed by atoms with E-state index in [2.05, 4.69) is 6.92 Å². The lowest BCUT2D eigenvalue weighted by Crippen LogP contribution is -2.48. The number of morpholine rings is 1. The van der Waals surface area contributed by atoms with Gasteiger partial charge in [-0.05, 0) is 31.7 Å². The third-order valence-electron chi connectivity index (χ3n) is 3.12. The molecule has 0 radical (unpaired) electrons. The topological polar surface area (TPSA) is 29.5 Å². The van der Waals surface area contributed by atoms with E-state index in [1.165, 1.54) is 0 Å². The molecule has 1 saturated heterocycles. The van der Waals surface area contributed by atoms with Crippen molar-refractivity contribution < 1.29 is 9.53 Å². The van der Waals surface area contributed by atoms with E-state index in [-0.39, 0.29) is 18.1 Å². The Balaban J connectivity index is 2.19. The van der Waals surface area contributed by atoms with Crippen molar-refractivity contribution in [2.45, 2.75) is 37.9 Å². The van der Waals surface area contributed by atoms with Crippen molar-refractivity contribution in [1.82, 2.24) is 4.90 Å². The summed E-state index contributed by atoms with van der Waals surface area (Å²) in [6.07, 6.45) is 0.220. The van der Waals surface area contributed by atoms with E-state index in [0.29, 0.717) is 13.1 Å². The molecule has 1 heterocycles. The Morgan fingerprint density at radius 2 is 1.95 bits per heavy atom. The van der Waals surface area contributed by atoms with Gasteiger partial charge in [-0.25, -0.2) is 0 Å². The number of hydrogen-bond donors (Lipinski definition) is 0. The maximum absolute atomic E-state index is 12.6. The summed E-state index contributed by atoms with van der Waals surface area (Å²) in [6, 6.07) is 7.86. The SMILES string of the molecule is CCSc1ccccc1C(=O)N1C[C@H](C)O[C@@H](C)C1. The molecular weight excluding hydrogens is 258 g/mol. The van der Waals surface area contributed by atoms with Crippen molar-refractivity contribution in [1.29, 1.82) is 0 Å². The predicted octanol–water partition coefficient (Wildman–Crippen LogP) is 3.05. The van der Waals surface area contributed by atoms with Crippen LogP contribution in [0.2, 0.25) is 0 Å². The third kappa shape index (κ3) is 3.51. The van der Waals surface area contributed by atoms with Crippen LogP contribution in [-0.2, 0) is 4.74 Å². The smallest absolute Gasteiger partial charge is 0.255 e. The first-order chi connectivity index (χ1) is 9.11. The van der Waals surface area contributed by atoms with Gasteiger partial charge >= 0.3 is 0 Å². The number of thioether (sulfide) groups is 1. The van der Waals surface area contributed by atoms with Crippen molar-refractivity contribution in [3.63, 3.8) is 0 Å². The minimum atomic E-state index is 0.110. The molecular formula is C15H21NO2S. The fraction of sp³-hybridized carbons (Fsp3) is 0.533. The van der Waals surface area contributed by atoms with Crippen molar-refractivity contribution in [3.05, 3.63) is 29.8 Å². The van der Waals surface area contributed by atoms with Gasteiger partial charge in [0.15, 0.2) is 0 Å². The normalized spacial score (nSPS) is 23.4. The quantitative estimate of drug-likeness (QED) is 0.796. The summed E-state index contributed by atoms with van der Waals surface area (Å²) >= 11 is 1.72. The lowest BCUT2D eigenvalue weighted by molar-refractivity contribution is -0.0586. The van der Waals surface area contributed by atoms with Gasteiger partial charge in [-0.3, -0.25) is 4.79 Å². The molecule has 2 rings (SSSR count). The lowest BCUT2D eigenvalue weighted by atomic mass is 10.1. The highest BCUT2D eigenvalue weighted by Gasteiger charge is 2.27. The van der Waals surface area contributed by atoms with E-state index in [0.717, 1.165) is 16.2 Å². The van der Waals surface area contributed by atoms with Crippen molar-refractivity contribution in [2.24, 2.45) is 0 Å². The molecule has 1 amide bonds. The highest BCUT2D eigenvalue weighted by molar-refractivity contribution is 7.99. The Morgan fingerprint density at radius 3 is 2.58 bits per heavy atom. The van der Waals surface area contributed by atoms with Crippen LogP contribution >= 0.6 is 11.8 Å². The summed E-state index contributed by atoms with van der Waals surface area (Å²) in [5, 5.41) is 0. The fourth-order valence-electron chi connectivity index (χ4n) is 2.44. The van der Waals surface area contributed by atoms with Crippen LogP contribution in [0.25, 0.3) is 0 Å². The molecule has 0 bridgehead atoms. The number of carbonyl (C=O) groups excluding carboxylic acids is 1. The molecule has 0 unspecified atom stereocenters. The predicted molar refractivity (Wildman–Crippen MR) is 78.8 cm³/mol. The zero-order valence-corrected chi connectivity index (χ0v) is 12.6. The third-order valence-corrected chi connectivity index (χ3v) is 4.08. The fourth-order valence-corrected chi connectivity index (χ4v) is 3.24. The molecule has 3 nitrogen and oxygen atoms in total. The molecule has 1 aliphatic rings. The molecule has 19 heavy (non-hydrogen) atoms. The second-order valence-corrected chi connectivity index (χ2v) is 6.20. The van der Waals surface area contributed by atoms with E-state index in [9.17, 15) is 4.79 Å². The zero-order valence-electron chi connectivity index (χ0n) is 11.8. The van der Waals surface area contributed by atoms with Gasteiger partial charge in [-0.15, -0.1) is 11.8 Å². The zero-order chi connectivity index (χ0) is 13.8. The van der Waals surface area contributed by atoms with Crippen molar-refractivity contribution in [3.8, 4) is 0 Å². The Kier molecular flexibility index (Phi) is 4.88. The lowest BCUT2D eigenvalue weighted by Gasteiger charge is -2.35. The van der Waals surface area contributed by atoms with Crippen LogP contribution in [0.1, 0.15) is 31.1 Å². The highest BCUT2D eigenvalue weighted by Crippen LogP contribution is 2.24. The number of rotatable bonds is 3. The molecule has 1 aromatic carbocycles. The van der Waals surface area contributed by atoms with Crippen LogP contribution in [0.15, 0.2) is 29.2 Å². The molecule has 1 aromatic rings. The first-order valence-corrected chi connectivity index (χ1v) is 7.77. The summed E-state index contributed by atoms with van der Waals surface area (Å²) < 4.78 is 5.68. The number of hydrogen-bond acceptors (Lipinski definition) is 3. The maximum Gasteiger partial charge on any atom is 0.255 e. The van der Waals surface area contributed by atoms with Gasteiger partial charge in [-0.2, -0.15) is 0 Å². The van der Waals surface area contributed by atoms with Crippen LogP contribution in [0.4, 0.5) is 0 Å². The van der Waals surface area contributed by atoms with Gasteiger partial charge in [0.25, 0.3) is 5.91 Å². The minimum absolute atomic E-state index is 0.110. The van der Waals surface area contributed by atoms with Crippen LogP contribution in [0.5, 0.6) is 0 Å². The molecule has 104 valence electrons. The van der Waals surface area contributed by atoms with Gasteiger partial charge in [0.2, 0.25) is 0 Å². The largest absolute Gasteiger partial charge is 0.372 e. The van der Waals surface area contributed by atoms with E-state index >= 15 is 0 Å². The van der Waals surface area contributed by atoms with E-state index in [4.69, 9.17) is 4.74 Å². The van der Waals surface area contributed by atoms with Crippen LogP contribution in [0, 0.1) is 0 Å². The van der Waals surface area contributed by atoms with Gasteiger partial charge in [0.05, 0.1) is 17.8 Å². The van der Waals surface area contributed by atoms with Crippen LogP contribution in [0.3, 0.4) is 0 Å². The summed E-state index contributed by atoms with van der Waals surface area (Å²) in [4.78, 5) is 15.6. The molecule has 2 atom stereocenters. The molecule has 4 heteroatoms. The van der Waals surface area contributed by atoms with Gasteiger partial charge in [-0.1, -0.05) is 19.1 Å². The maximum atomic E-state index is 12.6.